The lowest BCUT2D eigenvalue weighted by molar-refractivity contribution is -0.121. The van der Waals surface area contributed by atoms with Gasteiger partial charge in [0.15, 0.2) is 0 Å². The predicted octanol–water partition coefficient (Wildman–Crippen LogP) is 1.62. The minimum absolute atomic E-state index is 0.0376. The molecule has 0 saturated carbocycles. The summed E-state index contributed by atoms with van der Waals surface area (Å²) in [6.07, 6.45) is 1.90. The molecule has 3 unspecified atom stereocenters. The highest BCUT2D eigenvalue weighted by Crippen LogP contribution is 2.16. The van der Waals surface area contributed by atoms with Crippen LogP contribution in [-0.2, 0) is 4.79 Å². The molecule has 0 radical (unpaired) electrons. The minimum Gasteiger partial charge on any atom is -0.352 e. The number of likely N-dealkylation sites (tertiary alicyclic amines) is 1. The maximum absolute atomic E-state index is 11.7. The van der Waals surface area contributed by atoms with Crippen LogP contribution in [0.4, 0.5) is 0 Å². The van der Waals surface area contributed by atoms with Gasteiger partial charge >= 0.3 is 0 Å². The number of nitrogens with zero attached hydrogens (tertiary/aromatic N) is 1. The van der Waals surface area contributed by atoms with Gasteiger partial charge in [-0.15, -0.1) is 0 Å². The zero-order valence-electron chi connectivity index (χ0n) is 9.79. The highest BCUT2D eigenvalue weighted by molar-refractivity contribution is 9.10. The fourth-order valence-electron chi connectivity index (χ4n) is 2.03. The second kappa shape index (κ2) is 5.85. The number of piperidine rings is 1. The maximum atomic E-state index is 11.7. The van der Waals surface area contributed by atoms with E-state index in [0.29, 0.717) is 12.0 Å². The van der Waals surface area contributed by atoms with E-state index in [1.165, 1.54) is 0 Å². The number of amides is 1. The number of halogens is 1. The van der Waals surface area contributed by atoms with E-state index in [1.807, 2.05) is 6.92 Å². The number of alkyl halides is 1. The second-order valence-electron chi connectivity index (χ2n) is 4.52. The SMILES string of the molecule is CCC(Br)C(=O)NC1CCN(C)CC1C. The molecular weight excluding hydrogens is 256 g/mol. The van der Waals surface area contributed by atoms with Crippen LogP contribution in [0.15, 0.2) is 0 Å². The van der Waals surface area contributed by atoms with Crippen LogP contribution in [0.5, 0.6) is 0 Å². The van der Waals surface area contributed by atoms with Crippen LogP contribution in [0.2, 0.25) is 0 Å². The molecule has 1 fully saturated rings. The first-order chi connectivity index (χ1) is 7.04. The fraction of sp³-hybridized carbons (Fsp3) is 0.909. The summed E-state index contributed by atoms with van der Waals surface area (Å²) in [7, 11) is 2.13. The summed E-state index contributed by atoms with van der Waals surface area (Å²) in [5.74, 6) is 0.683. The molecular formula is C11H21BrN2O. The number of rotatable bonds is 3. The van der Waals surface area contributed by atoms with Crippen LogP contribution < -0.4 is 5.32 Å². The monoisotopic (exact) mass is 276 g/mol. The predicted molar refractivity (Wildman–Crippen MR) is 66.2 cm³/mol. The lowest BCUT2D eigenvalue weighted by Gasteiger charge is -2.35. The van der Waals surface area contributed by atoms with Gasteiger partial charge in [0.25, 0.3) is 0 Å². The third-order valence-electron chi connectivity index (χ3n) is 3.08. The number of nitrogens with one attached hydrogen (secondary N) is 1. The molecule has 1 rings (SSSR count). The van der Waals surface area contributed by atoms with E-state index in [0.717, 1.165) is 25.9 Å². The van der Waals surface area contributed by atoms with Crippen molar-refractivity contribution in [1.29, 1.82) is 0 Å². The van der Waals surface area contributed by atoms with Crippen molar-refractivity contribution in [2.45, 2.75) is 37.6 Å². The smallest absolute Gasteiger partial charge is 0.233 e. The molecule has 1 aliphatic rings. The van der Waals surface area contributed by atoms with Crippen LogP contribution in [0.3, 0.4) is 0 Å². The lowest BCUT2D eigenvalue weighted by Crippen LogP contribution is -2.50. The Morgan fingerprint density at radius 2 is 2.33 bits per heavy atom. The highest BCUT2D eigenvalue weighted by atomic mass is 79.9. The Hall–Kier alpha value is -0.0900. The third-order valence-corrected chi connectivity index (χ3v) is 4.14. The van der Waals surface area contributed by atoms with Crippen molar-refractivity contribution in [3.8, 4) is 0 Å². The summed E-state index contributed by atoms with van der Waals surface area (Å²) in [6.45, 7) is 6.37. The van der Waals surface area contributed by atoms with Crippen LogP contribution in [0, 0.1) is 5.92 Å². The summed E-state index contributed by atoms with van der Waals surface area (Å²) < 4.78 is 0. The Labute approximate surface area is 101 Å². The molecule has 1 amide bonds. The van der Waals surface area contributed by atoms with Gasteiger partial charge < -0.3 is 10.2 Å². The van der Waals surface area contributed by atoms with Crippen molar-refractivity contribution in [2.75, 3.05) is 20.1 Å². The molecule has 88 valence electrons. The second-order valence-corrected chi connectivity index (χ2v) is 5.62. The molecule has 0 aliphatic carbocycles. The van der Waals surface area contributed by atoms with Crippen molar-refractivity contribution < 1.29 is 4.79 Å². The van der Waals surface area contributed by atoms with Gasteiger partial charge in [-0.25, -0.2) is 0 Å². The molecule has 1 N–H and O–H groups in total. The maximum Gasteiger partial charge on any atom is 0.233 e. The summed E-state index contributed by atoms with van der Waals surface area (Å²) in [6, 6.07) is 0.347. The van der Waals surface area contributed by atoms with Gasteiger partial charge in [-0.2, -0.15) is 0 Å². The molecule has 3 atom stereocenters. The van der Waals surface area contributed by atoms with Crippen LogP contribution in [-0.4, -0.2) is 41.8 Å². The Morgan fingerprint density at radius 3 is 2.87 bits per heavy atom. The van der Waals surface area contributed by atoms with Crippen LogP contribution in [0.1, 0.15) is 26.7 Å². The van der Waals surface area contributed by atoms with E-state index in [4.69, 9.17) is 0 Å². The molecule has 1 aliphatic heterocycles. The Morgan fingerprint density at radius 1 is 1.67 bits per heavy atom. The number of hydrogen-bond acceptors (Lipinski definition) is 2. The third kappa shape index (κ3) is 3.76. The van der Waals surface area contributed by atoms with Crippen molar-refractivity contribution in [1.82, 2.24) is 10.2 Å². The highest BCUT2D eigenvalue weighted by Gasteiger charge is 2.26. The standard InChI is InChI=1S/C11H21BrN2O/c1-4-9(12)11(15)13-10-5-6-14(3)7-8(10)2/h8-10H,4-7H2,1-3H3,(H,13,15). The summed E-state index contributed by atoms with van der Waals surface area (Å²) in [5, 5.41) is 3.13. The molecule has 4 heteroatoms. The van der Waals surface area contributed by atoms with E-state index in [9.17, 15) is 4.79 Å². The van der Waals surface area contributed by atoms with Crippen molar-refractivity contribution in [3.63, 3.8) is 0 Å². The Bertz CT molecular complexity index is 223. The number of hydrogen-bond donors (Lipinski definition) is 1. The van der Waals surface area contributed by atoms with E-state index in [2.05, 4.69) is 40.1 Å². The summed E-state index contributed by atoms with van der Waals surface area (Å²) in [4.78, 5) is 14.0. The van der Waals surface area contributed by atoms with Gasteiger partial charge in [0.05, 0.1) is 4.83 Å². The van der Waals surface area contributed by atoms with Gasteiger partial charge in [0.2, 0.25) is 5.91 Å². The topological polar surface area (TPSA) is 32.3 Å². The zero-order valence-corrected chi connectivity index (χ0v) is 11.4. The van der Waals surface area contributed by atoms with Crippen molar-refractivity contribution in [3.05, 3.63) is 0 Å². The van der Waals surface area contributed by atoms with Gasteiger partial charge in [-0.1, -0.05) is 29.8 Å². The number of carbonyl (C=O) groups excluding carboxylic acids is 1. The van der Waals surface area contributed by atoms with Gasteiger partial charge in [-0.3, -0.25) is 4.79 Å². The molecule has 15 heavy (non-hydrogen) atoms. The van der Waals surface area contributed by atoms with E-state index in [-0.39, 0.29) is 10.7 Å². The zero-order chi connectivity index (χ0) is 11.4. The van der Waals surface area contributed by atoms with Crippen molar-refractivity contribution in [2.24, 2.45) is 5.92 Å². The first-order valence-corrected chi connectivity index (χ1v) is 6.59. The first-order valence-electron chi connectivity index (χ1n) is 5.67. The molecule has 0 aromatic heterocycles. The Balaban J connectivity index is 2.41. The van der Waals surface area contributed by atoms with Crippen molar-refractivity contribution >= 4 is 21.8 Å². The molecule has 0 aromatic carbocycles. The van der Waals surface area contributed by atoms with Gasteiger partial charge in [0.1, 0.15) is 0 Å². The molecule has 3 nitrogen and oxygen atoms in total. The Kier molecular flexibility index (Phi) is 5.06. The summed E-state index contributed by atoms with van der Waals surface area (Å²) >= 11 is 3.38. The van der Waals surface area contributed by atoms with E-state index < -0.39 is 0 Å². The van der Waals surface area contributed by atoms with Crippen LogP contribution >= 0.6 is 15.9 Å². The normalized spacial score (nSPS) is 29.9. The molecule has 1 saturated heterocycles. The lowest BCUT2D eigenvalue weighted by atomic mass is 9.94. The van der Waals surface area contributed by atoms with E-state index in [1.54, 1.807) is 0 Å². The van der Waals surface area contributed by atoms with Crippen LogP contribution in [0.25, 0.3) is 0 Å². The van der Waals surface area contributed by atoms with E-state index >= 15 is 0 Å². The average Bonchev–Trinajstić information content (AvgIpc) is 2.20. The van der Waals surface area contributed by atoms with Gasteiger partial charge in [-0.05, 0) is 32.4 Å². The fourth-order valence-corrected chi connectivity index (χ4v) is 2.16. The van der Waals surface area contributed by atoms with Gasteiger partial charge in [0, 0.05) is 12.6 Å². The quantitative estimate of drug-likeness (QED) is 0.795. The largest absolute Gasteiger partial charge is 0.352 e. The molecule has 0 bridgehead atoms. The molecule has 0 aromatic rings. The molecule has 1 heterocycles. The first kappa shape index (κ1) is 13.0. The summed E-state index contributed by atoms with van der Waals surface area (Å²) in [5.41, 5.74) is 0. The minimum atomic E-state index is -0.0376. The number of carbonyl (C=O) groups is 1. The molecule has 0 spiro atoms. The average molecular weight is 277 g/mol.